The van der Waals surface area contributed by atoms with Crippen LogP contribution in [0.15, 0.2) is 53.0 Å². The smallest absolute Gasteiger partial charge is 0.134 e. The number of likely N-dealkylation sites (N-methyl/N-ethyl adjacent to an activating group) is 1. The molecular weight excluding hydrogens is 302 g/mol. The van der Waals surface area contributed by atoms with Gasteiger partial charge in [-0.05, 0) is 41.0 Å². The van der Waals surface area contributed by atoms with Crippen molar-refractivity contribution in [3.63, 3.8) is 0 Å². The van der Waals surface area contributed by atoms with Gasteiger partial charge in [-0.3, -0.25) is 0 Å². The fourth-order valence-electron chi connectivity index (χ4n) is 2.02. The van der Waals surface area contributed by atoms with Crippen LogP contribution >= 0.6 is 15.9 Å². The molecule has 2 nitrogen and oxygen atoms in total. The van der Waals surface area contributed by atoms with Crippen LogP contribution < -0.4 is 0 Å². The van der Waals surface area contributed by atoms with E-state index < -0.39 is 0 Å². The predicted octanol–water partition coefficient (Wildman–Crippen LogP) is 3.83. The number of hydrogen-bond acceptors (Lipinski definition) is 2. The Morgan fingerprint density at radius 3 is 2.53 bits per heavy atom. The van der Waals surface area contributed by atoms with E-state index in [1.165, 1.54) is 5.56 Å². The third-order valence-electron chi connectivity index (χ3n) is 3.14. The van der Waals surface area contributed by atoms with Crippen molar-refractivity contribution in [2.45, 2.75) is 13.0 Å². The van der Waals surface area contributed by atoms with Gasteiger partial charge in [-0.1, -0.05) is 42.5 Å². The summed E-state index contributed by atoms with van der Waals surface area (Å²) in [7, 11) is 2.07. The summed E-state index contributed by atoms with van der Waals surface area (Å²) < 4.78 is 0.751. The molecule has 0 radical (unpaired) electrons. The lowest BCUT2D eigenvalue weighted by molar-refractivity contribution is 0.324. The van der Waals surface area contributed by atoms with Crippen LogP contribution in [0, 0.1) is 0 Å². The molecular formula is C16H18BrNO. The first-order valence-electron chi connectivity index (χ1n) is 6.35. The van der Waals surface area contributed by atoms with Crippen molar-refractivity contribution in [2.75, 3.05) is 13.6 Å². The molecule has 0 aromatic heterocycles. The second-order valence-electron chi connectivity index (χ2n) is 4.72. The molecule has 19 heavy (non-hydrogen) atoms. The molecule has 3 heteroatoms. The van der Waals surface area contributed by atoms with Crippen LogP contribution in [0.25, 0.3) is 0 Å². The van der Waals surface area contributed by atoms with Gasteiger partial charge in [0.1, 0.15) is 5.75 Å². The van der Waals surface area contributed by atoms with Gasteiger partial charge in [0, 0.05) is 18.7 Å². The monoisotopic (exact) mass is 319 g/mol. The van der Waals surface area contributed by atoms with E-state index >= 15 is 0 Å². The van der Waals surface area contributed by atoms with Crippen molar-refractivity contribution in [1.82, 2.24) is 4.90 Å². The second kappa shape index (κ2) is 6.73. The lowest BCUT2D eigenvalue weighted by atomic mass is 10.1. The molecule has 0 fully saturated rings. The summed E-state index contributed by atoms with van der Waals surface area (Å²) in [5.41, 5.74) is 2.29. The summed E-state index contributed by atoms with van der Waals surface area (Å²) in [5, 5.41) is 9.96. The Morgan fingerprint density at radius 2 is 1.79 bits per heavy atom. The molecule has 0 bridgehead atoms. The number of halogens is 1. The maximum atomic E-state index is 9.96. The molecule has 2 rings (SSSR count). The van der Waals surface area contributed by atoms with E-state index in [2.05, 4.69) is 52.1 Å². The summed E-state index contributed by atoms with van der Waals surface area (Å²) in [5.74, 6) is 0.342. The van der Waals surface area contributed by atoms with Crippen LogP contribution in [0.4, 0.5) is 0 Å². The van der Waals surface area contributed by atoms with Gasteiger partial charge in [0.25, 0.3) is 0 Å². The zero-order valence-electron chi connectivity index (χ0n) is 11.0. The van der Waals surface area contributed by atoms with Gasteiger partial charge in [-0.2, -0.15) is 0 Å². The summed E-state index contributed by atoms with van der Waals surface area (Å²) in [6.45, 7) is 1.72. The first kappa shape index (κ1) is 14.1. The Morgan fingerprint density at radius 1 is 1.05 bits per heavy atom. The van der Waals surface area contributed by atoms with Crippen molar-refractivity contribution >= 4 is 15.9 Å². The normalized spacial score (nSPS) is 10.9. The topological polar surface area (TPSA) is 23.5 Å². The van der Waals surface area contributed by atoms with Crippen LogP contribution in [0.3, 0.4) is 0 Å². The molecule has 0 saturated heterocycles. The van der Waals surface area contributed by atoms with Gasteiger partial charge in [0.05, 0.1) is 4.47 Å². The lowest BCUT2D eigenvalue weighted by Gasteiger charge is -2.17. The third-order valence-corrected chi connectivity index (χ3v) is 3.78. The first-order valence-corrected chi connectivity index (χ1v) is 7.15. The molecule has 0 aliphatic carbocycles. The van der Waals surface area contributed by atoms with Gasteiger partial charge in [0.15, 0.2) is 0 Å². The van der Waals surface area contributed by atoms with Crippen molar-refractivity contribution in [3.05, 3.63) is 64.1 Å². The quantitative estimate of drug-likeness (QED) is 0.905. The van der Waals surface area contributed by atoms with Crippen LogP contribution in [-0.4, -0.2) is 23.6 Å². The van der Waals surface area contributed by atoms with Crippen molar-refractivity contribution in [1.29, 1.82) is 0 Å². The molecule has 0 atom stereocenters. The number of phenolic OH excluding ortho intramolecular Hbond substituents is 1. The standard InChI is InChI=1S/C16H18BrNO/c1-18(11-10-13-6-3-2-4-7-13)12-14-8-5-9-15(17)16(14)19/h2-9,19H,10-12H2,1H3. The molecule has 0 heterocycles. The first-order chi connectivity index (χ1) is 9.16. The van der Waals surface area contributed by atoms with E-state index in [4.69, 9.17) is 0 Å². The second-order valence-corrected chi connectivity index (χ2v) is 5.58. The molecule has 2 aromatic rings. The molecule has 2 aromatic carbocycles. The van der Waals surface area contributed by atoms with E-state index in [0.29, 0.717) is 5.75 Å². The summed E-state index contributed by atoms with van der Waals surface area (Å²) in [6.07, 6.45) is 1.02. The van der Waals surface area contributed by atoms with Gasteiger partial charge in [0.2, 0.25) is 0 Å². The van der Waals surface area contributed by atoms with Gasteiger partial charge < -0.3 is 10.0 Å². The number of hydrogen-bond donors (Lipinski definition) is 1. The lowest BCUT2D eigenvalue weighted by Crippen LogP contribution is -2.20. The van der Waals surface area contributed by atoms with Gasteiger partial charge in [-0.15, -0.1) is 0 Å². The molecule has 1 N–H and O–H groups in total. The number of benzene rings is 2. The fourth-order valence-corrected chi connectivity index (χ4v) is 2.43. The van der Waals surface area contributed by atoms with Crippen LogP contribution in [-0.2, 0) is 13.0 Å². The maximum Gasteiger partial charge on any atom is 0.134 e. The molecule has 0 spiro atoms. The number of rotatable bonds is 5. The fraction of sp³-hybridized carbons (Fsp3) is 0.250. The zero-order chi connectivity index (χ0) is 13.7. The van der Waals surface area contributed by atoms with Crippen molar-refractivity contribution in [3.8, 4) is 5.75 Å². The zero-order valence-corrected chi connectivity index (χ0v) is 12.6. The highest BCUT2D eigenvalue weighted by molar-refractivity contribution is 9.10. The van der Waals surface area contributed by atoms with Crippen LogP contribution in [0.2, 0.25) is 0 Å². The number of nitrogens with zero attached hydrogens (tertiary/aromatic N) is 1. The summed E-state index contributed by atoms with van der Waals surface area (Å²) in [4.78, 5) is 2.22. The summed E-state index contributed by atoms with van der Waals surface area (Å²) in [6, 6.07) is 16.2. The molecule has 0 unspecified atom stereocenters. The third kappa shape index (κ3) is 4.08. The Balaban J connectivity index is 1.91. The van der Waals surface area contributed by atoms with E-state index in [9.17, 15) is 5.11 Å². The minimum Gasteiger partial charge on any atom is -0.506 e. The minimum absolute atomic E-state index is 0.342. The van der Waals surface area contributed by atoms with Gasteiger partial charge >= 0.3 is 0 Å². The molecule has 0 aliphatic rings. The van der Waals surface area contributed by atoms with Crippen LogP contribution in [0.5, 0.6) is 5.75 Å². The van der Waals surface area contributed by atoms with Crippen LogP contribution in [0.1, 0.15) is 11.1 Å². The largest absolute Gasteiger partial charge is 0.506 e. The van der Waals surface area contributed by atoms with Crippen molar-refractivity contribution in [2.24, 2.45) is 0 Å². The Labute approximate surface area is 122 Å². The Kier molecular flexibility index (Phi) is 5.00. The van der Waals surface area contributed by atoms with E-state index in [-0.39, 0.29) is 0 Å². The average Bonchev–Trinajstić information content (AvgIpc) is 2.43. The highest BCUT2D eigenvalue weighted by atomic mass is 79.9. The highest BCUT2D eigenvalue weighted by Gasteiger charge is 2.07. The van der Waals surface area contributed by atoms with Gasteiger partial charge in [-0.25, -0.2) is 0 Å². The number of para-hydroxylation sites is 1. The average molecular weight is 320 g/mol. The van der Waals surface area contributed by atoms with Crippen molar-refractivity contribution < 1.29 is 5.11 Å². The van der Waals surface area contributed by atoms with E-state index in [1.54, 1.807) is 0 Å². The molecule has 0 aliphatic heterocycles. The number of phenols is 1. The molecule has 0 saturated carbocycles. The maximum absolute atomic E-state index is 9.96. The van der Waals surface area contributed by atoms with E-state index in [0.717, 1.165) is 29.5 Å². The minimum atomic E-state index is 0.342. The summed E-state index contributed by atoms with van der Waals surface area (Å²) >= 11 is 3.34. The molecule has 100 valence electrons. The SMILES string of the molecule is CN(CCc1ccccc1)Cc1cccc(Br)c1O. The highest BCUT2D eigenvalue weighted by Crippen LogP contribution is 2.28. The van der Waals surface area contributed by atoms with E-state index in [1.807, 2.05) is 24.3 Å². The number of aromatic hydroxyl groups is 1. The Bertz CT molecular complexity index is 528. The Hall–Kier alpha value is -1.32. The predicted molar refractivity (Wildman–Crippen MR) is 82.3 cm³/mol. The molecule has 0 amide bonds.